The van der Waals surface area contributed by atoms with Crippen molar-refractivity contribution in [2.75, 3.05) is 26.2 Å². The van der Waals surface area contributed by atoms with Crippen LogP contribution < -0.4 is 10.6 Å². The highest BCUT2D eigenvalue weighted by Gasteiger charge is 2.30. The molecule has 0 spiro atoms. The molecule has 4 heteroatoms. The Morgan fingerprint density at radius 3 is 2.67 bits per heavy atom. The largest absolute Gasteiger partial charge is 0.396 e. The van der Waals surface area contributed by atoms with E-state index >= 15 is 0 Å². The zero-order valence-electron chi connectivity index (χ0n) is 9.84. The van der Waals surface area contributed by atoms with Crippen molar-refractivity contribution in [3.63, 3.8) is 0 Å². The number of hydrogen-bond donors (Lipinski definition) is 3. The monoisotopic (exact) mass is 214 g/mol. The van der Waals surface area contributed by atoms with Gasteiger partial charge in [0.05, 0.1) is 5.92 Å². The third kappa shape index (κ3) is 3.47. The Morgan fingerprint density at radius 1 is 1.53 bits per heavy atom. The van der Waals surface area contributed by atoms with E-state index in [1.807, 2.05) is 13.8 Å². The molecule has 1 fully saturated rings. The number of aliphatic hydroxyl groups excluding tert-OH is 1. The molecule has 4 nitrogen and oxygen atoms in total. The molecule has 3 N–H and O–H groups in total. The number of carbonyl (C=O) groups is 1. The number of hydrogen-bond acceptors (Lipinski definition) is 3. The maximum atomic E-state index is 11.8. The second kappa shape index (κ2) is 4.94. The van der Waals surface area contributed by atoms with Crippen molar-refractivity contribution in [3.05, 3.63) is 0 Å². The smallest absolute Gasteiger partial charge is 0.224 e. The van der Waals surface area contributed by atoms with Crippen molar-refractivity contribution in [2.45, 2.75) is 20.8 Å². The molecule has 1 rings (SSSR count). The van der Waals surface area contributed by atoms with Gasteiger partial charge in [0.1, 0.15) is 0 Å². The Morgan fingerprint density at radius 2 is 2.20 bits per heavy atom. The van der Waals surface area contributed by atoms with Crippen LogP contribution in [0.15, 0.2) is 0 Å². The molecule has 2 unspecified atom stereocenters. The van der Waals surface area contributed by atoms with Crippen LogP contribution in [0.3, 0.4) is 0 Å². The fourth-order valence-electron chi connectivity index (χ4n) is 1.67. The lowest BCUT2D eigenvalue weighted by Crippen LogP contribution is -2.41. The first-order valence-corrected chi connectivity index (χ1v) is 5.55. The first-order valence-electron chi connectivity index (χ1n) is 5.55. The van der Waals surface area contributed by atoms with Crippen LogP contribution in [0.2, 0.25) is 0 Å². The molecule has 88 valence electrons. The van der Waals surface area contributed by atoms with E-state index in [1.54, 1.807) is 0 Å². The standard InChI is InChI=1S/C11H22N2O2/c1-8-4-12-5-9(8)10(15)13-6-11(2,3)7-14/h8-9,12,14H,4-7H2,1-3H3,(H,13,15). The fourth-order valence-corrected chi connectivity index (χ4v) is 1.67. The number of amides is 1. The highest BCUT2D eigenvalue weighted by atomic mass is 16.3. The van der Waals surface area contributed by atoms with Crippen molar-refractivity contribution < 1.29 is 9.90 Å². The predicted molar refractivity (Wildman–Crippen MR) is 59.4 cm³/mol. The number of carbonyl (C=O) groups excluding carboxylic acids is 1. The summed E-state index contributed by atoms with van der Waals surface area (Å²) in [5.74, 6) is 0.593. The average Bonchev–Trinajstić information content (AvgIpc) is 2.61. The van der Waals surface area contributed by atoms with Crippen LogP contribution in [0.25, 0.3) is 0 Å². The van der Waals surface area contributed by atoms with E-state index in [4.69, 9.17) is 5.11 Å². The Bertz CT molecular complexity index is 229. The summed E-state index contributed by atoms with van der Waals surface area (Å²) in [7, 11) is 0. The van der Waals surface area contributed by atoms with Gasteiger partial charge in [-0.1, -0.05) is 20.8 Å². The van der Waals surface area contributed by atoms with Gasteiger partial charge in [-0.2, -0.15) is 0 Å². The summed E-state index contributed by atoms with van der Waals surface area (Å²) in [6.45, 7) is 8.26. The minimum absolute atomic E-state index is 0.0829. The van der Waals surface area contributed by atoms with E-state index in [0.717, 1.165) is 13.1 Å². The molecule has 0 aromatic rings. The molecule has 0 aromatic heterocycles. The van der Waals surface area contributed by atoms with Crippen LogP contribution in [-0.4, -0.2) is 37.3 Å². The summed E-state index contributed by atoms with van der Waals surface area (Å²) in [5, 5.41) is 15.2. The molecule has 15 heavy (non-hydrogen) atoms. The molecule has 0 bridgehead atoms. The SMILES string of the molecule is CC1CNCC1C(=O)NCC(C)(C)CO. The van der Waals surface area contributed by atoms with Gasteiger partial charge in [-0.25, -0.2) is 0 Å². The number of nitrogens with one attached hydrogen (secondary N) is 2. The summed E-state index contributed by atoms with van der Waals surface area (Å²) < 4.78 is 0. The van der Waals surface area contributed by atoms with Crippen molar-refractivity contribution >= 4 is 5.91 Å². The molecule has 0 aromatic carbocycles. The van der Waals surface area contributed by atoms with Crippen LogP contribution in [0.1, 0.15) is 20.8 Å². The van der Waals surface area contributed by atoms with Gasteiger partial charge < -0.3 is 15.7 Å². The Hall–Kier alpha value is -0.610. The van der Waals surface area contributed by atoms with Crippen molar-refractivity contribution in [2.24, 2.45) is 17.3 Å². The molecule has 1 heterocycles. The summed E-state index contributed by atoms with van der Waals surface area (Å²) in [6.07, 6.45) is 0. The van der Waals surface area contributed by atoms with Crippen LogP contribution in [0.5, 0.6) is 0 Å². The van der Waals surface area contributed by atoms with Gasteiger partial charge in [0.25, 0.3) is 0 Å². The lowest BCUT2D eigenvalue weighted by molar-refractivity contribution is -0.125. The van der Waals surface area contributed by atoms with E-state index in [-0.39, 0.29) is 23.8 Å². The molecule has 0 aliphatic carbocycles. The molecule has 0 saturated carbocycles. The Kier molecular flexibility index (Phi) is 4.11. The van der Waals surface area contributed by atoms with E-state index in [0.29, 0.717) is 12.5 Å². The Balaban J connectivity index is 2.36. The molecule has 0 radical (unpaired) electrons. The summed E-state index contributed by atoms with van der Waals surface area (Å²) in [5.41, 5.74) is -0.231. The second-order valence-electron chi connectivity index (χ2n) is 5.28. The summed E-state index contributed by atoms with van der Waals surface area (Å²) >= 11 is 0. The van der Waals surface area contributed by atoms with Crippen molar-refractivity contribution in [3.8, 4) is 0 Å². The van der Waals surface area contributed by atoms with Gasteiger partial charge in [-0.15, -0.1) is 0 Å². The Labute approximate surface area is 91.4 Å². The molecule has 1 aliphatic rings. The topological polar surface area (TPSA) is 61.4 Å². The lowest BCUT2D eigenvalue weighted by Gasteiger charge is -2.23. The first-order chi connectivity index (χ1) is 6.96. The van der Waals surface area contributed by atoms with Gasteiger partial charge in [0.15, 0.2) is 0 Å². The minimum atomic E-state index is -0.231. The maximum absolute atomic E-state index is 11.8. The van der Waals surface area contributed by atoms with Gasteiger partial charge in [0, 0.05) is 25.1 Å². The van der Waals surface area contributed by atoms with E-state index in [1.165, 1.54) is 0 Å². The zero-order chi connectivity index (χ0) is 11.5. The molecule has 2 atom stereocenters. The van der Waals surface area contributed by atoms with Crippen LogP contribution in [0, 0.1) is 17.3 Å². The van der Waals surface area contributed by atoms with Gasteiger partial charge in [-0.05, 0) is 12.5 Å². The third-order valence-electron chi connectivity index (χ3n) is 3.02. The van der Waals surface area contributed by atoms with Gasteiger partial charge in [0.2, 0.25) is 5.91 Å². The number of rotatable bonds is 4. The quantitative estimate of drug-likeness (QED) is 0.616. The van der Waals surface area contributed by atoms with E-state index in [2.05, 4.69) is 17.6 Å². The first kappa shape index (κ1) is 12.5. The van der Waals surface area contributed by atoms with Crippen LogP contribution in [-0.2, 0) is 4.79 Å². The van der Waals surface area contributed by atoms with Crippen LogP contribution in [0.4, 0.5) is 0 Å². The van der Waals surface area contributed by atoms with Crippen molar-refractivity contribution in [1.29, 1.82) is 0 Å². The zero-order valence-corrected chi connectivity index (χ0v) is 9.84. The van der Waals surface area contributed by atoms with Crippen LogP contribution >= 0.6 is 0 Å². The normalized spacial score (nSPS) is 26.7. The maximum Gasteiger partial charge on any atom is 0.224 e. The highest BCUT2D eigenvalue weighted by Crippen LogP contribution is 2.17. The molecule has 1 saturated heterocycles. The van der Waals surface area contributed by atoms with E-state index in [9.17, 15) is 4.79 Å². The molecular weight excluding hydrogens is 192 g/mol. The molecule has 1 aliphatic heterocycles. The highest BCUT2D eigenvalue weighted by molar-refractivity contribution is 5.79. The second-order valence-corrected chi connectivity index (χ2v) is 5.28. The van der Waals surface area contributed by atoms with Gasteiger partial charge in [-0.3, -0.25) is 4.79 Å². The van der Waals surface area contributed by atoms with Crippen molar-refractivity contribution in [1.82, 2.24) is 10.6 Å². The molecule has 1 amide bonds. The van der Waals surface area contributed by atoms with E-state index < -0.39 is 0 Å². The lowest BCUT2D eigenvalue weighted by atomic mass is 9.93. The summed E-state index contributed by atoms with van der Waals surface area (Å²) in [6, 6.07) is 0. The predicted octanol–water partition coefficient (Wildman–Crippen LogP) is -0.0234. The minimum Gasteiger partial charge on any atom is -0.396 e. The summed E-state index contributed by atoms with van der Waals surface area (Å²) in [4.78, 5) is 11.8. The average molecular weight is 214 g/mol. The fraction of sp³-hybridized carbons (Fsp3) is 0.909. The molecular formula is C11H22N2O2. The number of aliphatic hydroxyl groups is 1. The van der Waals surface area contributed by atoms with Gasteiger partial charge >= 0.3 is 0 Å². The third-order valence-corrected chi connectivity index (χ3v) is 3.02.